The summed E-state index contributed by atoms with van der Waals surface area (Å²) in [4.78, 5) is 18.9. The molecule has 0 unspecified atom stereocenters. The standard InChI is InChI=1S/C20H15ClN2O/c21-18-5-1-3-16(11-18)14-6-8-15(9-7-14)20(24)23-12-17-4-2-10-22-19(17)13-23/h1-11H,12-13H2. The monoisotopic (exact) mass is 334 g/mol. The molecule has 0 spiro atoms. The van der Waals surface area contributed by atoms with Gasteiger partial charge in [0.25, 0.3) is 5.91 Å². The average molecular weight is 335 g/mol. The fourth-order valence-electron chi connectivity index (χ4n) is 3.00. The Labute approximate surface area is 145 Å². The van der Waals surface area contributed by atoms with Gasteiger partial charge in [0.1, 0.15) is 0 Å². The molecule has 2 aromatic carbocycles. The van der Waals surface area contributed by atoms with Crippen LogP contribution in [0.1, 0.15) is 21.6 Å². The Hall–Kier alpha value is -2.65. The largest absolute Gasteiger partial charge is 0.328 e. The Bertz CT molecular complexity index is 881. The second-order valence-corrected chi connectivity index (χ2v) is 6.29. The van der Waals surface area contributed by atoms with Gasteiger partial charge in [0, 0.05) is 23.3 Å². The Morgan fingerprint density at radius 1 is 0.958 bits per heavy atom. The summed E-state index contributed by atoms with van der Waals surface area (Å²) in [6, 6.07) is 19.3. The number of fused-ring (bicyclic) bond motifs is 1. The number of hydrogen-bond donors (Lipinski definition) is 0. The molecule has 1 aromatic heterocycles. The molecule has 3 nitrogen and oxygen atoms in total. The molecule has 0 aliphatic carbocycles. The SMILES string of the molecule is O=C(c1ccc(-c2cccc(Cl)c2)cc1)N1Cc2cccnc2C1. The summed E-state index contributed by atoms with van der Waals surface area (Å²) in [7, 11) is 0. The molecule has 1 aliphatic rings. The van der Waals surface area contributed by atoms with E-state index in [1.807, 2.05) is 65.6 Å². The predicted octanol–water partition coefficient (Wildman–Crippen LogP) is 4.56. The van der Waals surface area contributed by atoms with E-state index in [2.05, 4.69) is 4.98 Å². The van der Waals surface area contributed by atoms with E-state index >= 15 is 0 Å². The highest BCUT2D eigenvalue weighted by Gasteiger charge is 2.24. The van der Waals surface area contributed by atoms with E-state index in [1.54, 1.807) is 6.20 Å². The van der Waals surface area contributed by atoms with E-state index in [-0.39, 0.29) is 5.91 Å². The normalized spacial score (nSPS) is 13.0. The van der Waals surface area contributed by atoms with Crippen LogP contribution in [0.25, 0.3) is 11.1 Å². The number of aromatic nitrogens is 1. The number of nitrogens with zero attached hydrogens (tertiary/aromatic N) is 2. The van der Waals surface area contributed by atoms with E-state index in [1.165, 1.54) is 0 Å². The maximum Gasteiger partial charge on any atom is 0.254 e. The van der Waals surface area contributed by atoms with Crippen LogP contribution >= 0.6 is 11.6 Å². The van der Waals surface area contributed by atoms with Crippen LogP contribution in [0.3, 0.4) is 0 Å². The second-order valence-electron chi connectivity index (χ2n) is 5.86. The topological polar surface area (TPSA) is 33.2 Å². The van der Waals surface area contributed by atoms with Gasteiger partial charge in [-0.2, -0.15) is 0 Å². The van der Waals surface area contributed by atoms with Crippen molar-refractivity contribution in [2.75, 3.05) is 0 Å². The lowest BCUT2D eigenvalue weighted by Crippen LogP contribution is -2.25. The van der Waals surface area contributed by atoms with Crippen molar-refractivity contribution in [2.45, 2.75) is 13.1 Å². The summed E-state index contributed by atoms with van der Waals surface area (Å²) in [5.41, 5.74) is 4.89. The third-order valence-corrected chi connectivity index (χ3v) is 4.50. The third-order valence-electron chi connectivity index (χ3n) is 4.26. The first-order valence-corrected chi connectivity index (χ1v) is 8.16. The van der Waals surface area contributed by atoms with Crippen LogP contribution in [0, 0.1) is 0 Å². The molecule has 0 N–H and O–H groups in total. The Balaban J connectivity index is 1.54. The molecule has 0 atom stereocenters. The number of halogens is 1. The summed E-state index contributed by atoms with van der Waals surface area (Å²) >= 11 is 6.04. The lowest BCUT2D eigenvalue weighted by molar-refractivity contribution is 0.0750. The fourth-order valence-corrected chi connectivity index (χ4v) is 3.19. The van der Waals surface area contributed by atoms with Crippen LogP contribution in [-0.2, 0) is 13.1 Å². The zero-order valence-corrected chi connectivity index (χ0v) is 13.7. The highest BCUT2D eigenvalue weighted by atomic mass is 35.5. The number of amides is 1. The number of rotatable bonds is 2. The van der Waals surface area contributed by atoms with Crippen molar-refractivity contribution in [3.8, 4) is 11.1 Å². The summed E-state index contributed by atoms with van der Waals surface area (Å²) in [5.74, 6) is 0.0330. The van der Waals surface area contributed by atoms with Crippen molar-refractivity contribution < 1.29 is 4.79 Å². The van der Waals surface area contributed by atoms with Crippen molar-refractivity contribution >= 4 is 17.5 Å². The van der Waals surface area contributed by atoms with Gasteiger partial charge in [0.15, 0.2) is 0 Å². The van der Waals surface area contributed by atoms with Gasteiger partial charge in [-0.15, -0.1) is 0 Å². The summed E-state index contributed by atoms with van der Waals surface area (Å²) in [6.45, 7) is 1.20. The third kappa shape index (κ3) is 2.79. The molecular weight excluding hydrogens is 320 g/mol. The molecule has 0 saturated heterocycles. The van der Waals surface area contributed by atoms with Gasteiger partial charge in [-0.05, 0) is 47.0 Å². The first-order valence-electron chi connectivity index (χ1n) is 7.79. The van der Waals surface area contributed by atoms with Crippen molar-refractivity contribution in [2.24, 2.45) is 0 Å². The summed E-state index contributed by atoms with van der Waals surface area (Å²) in [6.07, 6.45) is 1.77. The molecule has 1 aliphatic heterocycles. The predicted molar refractivity (Wildman–Crippen MR) is 94.7 cm³/mol. The molecular formula is C20H15ClN2O. The molecule has 4 heteroatoms. The van der Waals surface area contributed by atoms with E-state index in [0.29, 0.717) is 23.7 Å². The van der Waals surface area contributed by atoms with E-state index in [4.69, 9.17) is 11.6 Å². The average Bonchev–Trinajstić information content (AvgIpc) is 3.05. The molecule has 4 rings (SSSR count). The lowest BCUT2D eigenvalue weighted by Gasteiger charge is -2.15. The Morgan fingerprint density at radius 2 is 1.79 bits per heavy atom. The molecule has 118 valence electrons. The molecule has 3 aromatic rings. The minimum atomic E-state index is 0.0330. The van der Waals surface area contributed by atoms with Gasteiger partial charge in [-0.3, -0.25) is 9.78 Å². The van der Waals surface area contributed by atoms with Gasteiger partial charge in [-0.25, -0.2) is 0 Å². The molecule has 0 saturated carbocycles. The van der Waals surface area contributed by atoms with Gasteiger partial charge >= 0.3 is 0 Å². The van der Waals surface area contributed by atoms with Crippen LogP contribution in [-0.4, -0.2) is 15.8 Å². The van der Waals surface area contributed by atoms with Gasteiger partial charge in [0.05, 0.1) is 12.2 Å². The highest BCUT2D eigenvalue weighted by molar-refractivity contribution is 6.30. The molecule has 0 radical (unpaired) electrons. The smallest absolute Gasteiger partial charge is 0.254 e. The number of carbonyl (C=O) groups excluding carboxylic acids is 1. The van der Waals surface area contributed by atoms with Crippen LogP contribution in [0.4, 0.5) is 0 Å². The van der Waals surface area contributed by atoms with Crippen LogP contribution in [0.5, 0.6) is 0 Å². The van der Waals surface area contributed by atoms with E-state index in [9.17, 15) is 4.79 Å². The van der Waals surface area contributed by atoms with Gasteiger partial charge in [0.2, 0.25) is 0 Å². The van der Waals surface area contributed by atoms with Gasteiger partial charge in [-0.1, -0.05) is 41.9 Å². The summed E-state index contributed by atoms with van der Waals surface area (Å²) in [5, 5.41) is 0.704. The van der Waals surface area contributed by atoms with Gasteiger partial charge < -0.3 is 4.90 Å². The Morgan fingerprint density at radius 3 is 2.54 bits per heavy atom. The fraction of sp³-hybridized carbons (Fsp3) is 0.100. The zero-order chi connectivity index (χ0) is 16.5. The van der Waals surface area contributed by atoms with Crippen molar-refractivity contribution in [3.63, 3.8) is 0 Å². The van der Waals surface area contributed by atoms with Crippen molar-refractivity contribution in [3.05, 3.63) is 88.7 Å². The molecule has 24 heavy (non-hydrogen) atoms. The number of benzene rings is 2. The maximum absolute atomic E-state index is 12.7. The van der Waals surface area contributed by atoms with Crippen molar-refractivity contribution in [1.82, 2.24) is 9.88 Å². The van der Waals surface area contributed by atoms with Crippen molar-refractivity contribution in [1.29, 1.82) is 0 Å². The van der Waals surface area contributed by atoms with Crippen LogP contribution < -0.4 is 0 Å². The maximum atomic E-state index is 12.7. The molecule has 0 fully saturated rings. The van der Waals surface area contributed by atoms with E-state index < -0.39 is 0 Å². The number of hydrogen-bond acceptors (Lipinski definition) is 2. The van der Waals surface area contributed by atoms with Crippen LogP contribution in [0.2, 0.25) is 5.02 Å². The minimum Gasteiger partial charge on any atom is -0.328 e. The first kappa shape index (κ1) is 14.9. The summed E-state index contributed by atoms with van der Waals surface area (Å²) < 4.78 is 0. The highest BCUT2D eigenvalue weighted by Crippen LogP contribution is 2.25. The lowest BCUT2D eigenvalue weighted by atomic mass is 10.0. The zero-order valence-electron chi connectivity index (χ0n) is 12.9. The molecule has 1 amide bonds. The van der Waals surface area contributed by atoms with Crippen LogP contribution in [0.15, 0.2) is 66.9 Å². The quantitative estimate of drug-likeness (QED) is 0.688. The first-order chi connectivity index (χ1) is 11.7. The molecule has 2 heterocycles. The minimum absolute atomic E-state index is 0.0330. The Kier molecular flexibility index (Phi) is 3.79. The van der Waals surface area contributed by atoms with E-state index in [0.717, 1.165) is 22.4 Å². The number of carbonyl (C=O) groups is 1. The number of pyridine rings is 1. The molecule has 0 bridgehead atoms. The second kappa shape index (κ2) is 6.10.